The van der Waals surface area contributed by atoms with E-state index in [-0.39, 0.29) is 25.7 Å². The quantitative estimate of drug-likeness (QED) is 0.403. The molecule has 2 aliphatic rings. The Balaban J connectivity index is 2.36. The Labute approximate surface area is 142 Å². The van der Waals surface area contributed by atoms with E-state index in [9.17, 15) is 9.90 Å². The van der Waals surface area contributed by atoms with Crippen LogP contribution in [0.3, 0.4) is 0 Å². The van der Waals surface area contributed by atoms with Crippen LogP contribution in [-0.2, 0) is 28.5 Å². The number of cyclic esters (lactones) is 1. The van der Waals surface area contributed by atoms with Gasteiger partial charge in [0, 0.05) is 19.4 Å². The third-order valence-electron chi connectivity index (χ3n) is 5.11. The predicted molar refractivity (Wildman–Crippen MR) is 85.1 cm³/mol. The molecule has 7 nitrogen and oxygen atoms in total. The van der Waals surface area contributed by atoms with E-state index in [1.807, 2.05) is 13.8 Å². The van der Waals surface area contributed by atoms with Crippen molar-refractivity contribution < 1.29 is 33.6 Å². The number of aliphatic hydroxyl groups is 1. The molecular formula is C17H28O7. The lowest BCUT2D eigenvalue weighted by Gasteiger charge is -2.43. The molecule has 0 bridgehead atoms. The van der Waals surface area contributed by atoms with Crippen molar-refractivity contribution in [3.05, 3.63) is 12.7 Å². The standard InChI is InChI=1S/C17H28O7/c1-6-15(4)10-21-14(19)17(15,24-11-20-5)13(18)9-16(12(2)3)22-7-8-23-16/h6,12-13,18H,1,7-11H2,2-5H3/t13?,15-,17?/m0/s1. The van der Waals surface area contributed by atoms with Crippen molar-refractivity contribution in [1.82, 2.24) is 0 Å². The molecule has 1 N–H and O–H groups in total. The maximum atomic E-state index is 12.6. The van der Waals surface area contributed by atoms with Crippen LogP contribution in [0.15, 0.2) is 12.7 Å². The molecule has 0 saturated carbocycles. The van der Waals surface area contributed by atoms with Crippen LogP contribution in [0, 0.1) is 11.3 Å². The van der Waals surface area contributed by atoms with E-state index in [2.05, 4.69) is 6.58 Å². The van der Waals surface area contributed by atoms with Gasteiger partial charge in [-0.1, -0.05) is 19.9 Å². The Bertz CT molecular complexity index is 472. The van der Waals surface area contributed by atoms with Crippen LogP contribution in [0.4, 0.5) is 0 Å². The van der Waals surface area contributed by atoms with Gasteiger partial charge in [0.1, 0.15) is 19.5 Å². The number of esters is 1. The highest BCUT2D eigenvalue weighted by atomic mass is 16.7. The third-order valence-corrected chi connectivity index (χ3v) is 5.11. The Hall–Kier alpha value is -0.990. The normalized spacial score (nSPS) is 33.7. The molecule has 2 aliphatic heterocycles. The summed E-state index contributed by atoms with van der Waals surface area (Å²) in [5, 5.41) is 11.0. The van der Waals surface area contributed by atoms with Gasteiger partial charge in [0.05, 0.1) is 18.6 Å². The lowest BCUT2D eigenvalue weighted by Crippen LogP contribution is -2.60. The zero-order chi connectivity index (χ0) is 18.0. The number of carbonyl (C=O) groups is 1. The molecule has 7 heteroatoms. The summed E-state index contributed by atoms with van der Waals surface area (Å²) in [6.45, 7) is 10.3. The first kappa shape index (κ1) is 19.3. The van der Waals surface area contributed by atoms with Crippen molar-refractivity contribution >= 4 is 5.97 Å². The Morgan fingerprint density at radius 3 is 2.50 bits per heavy atom. The van der Waals surface area contributed by atoms with Gasteiger partial charge in [0.15, 0.2) is 5.79 Å². The lowest BCUT2D eigenvalue weighted by atomic mass is 9.70. The summed E-state index contributed by atoms with van der Waals surface area (Å²) >= 11 is 0. The fraction of sp³-hybridized carbons (Fsp3) is 0.824. The van der Waals surface area contributed by atoms with Crippen LogP contribution in [0.1, 0.15) is 27.2 Å². The van der Waals surface area contributed by atoms with Gasteiger partial charge in [-0.15, -0.1) is 6.58 Å². The van der Waals surface area contributed by atoms with E-state index in [1.54, 1.807) is 13.0 Å². The Morgan fingerprint density at radius 1 is 1.38 bits per heavy atom. The second kappa shape index (κ2) is 7.09. The third kappa shape index (κ3) is 2.88. The van der Waals surface area contributed by atoms with E-state index < -0.39 is 28.9 Å². The minimum atomic E-state index is -1.62. The van der Waals surface area contributed by atoms with Gasteiger partial charge in [0.25, 0.3) is 0 Å². The summed E-state index contributed by atoms with van der Waals surface area (Å²) in [4.78, 5) is 12.6. The minimum absolute atomic E-state index is 0.0125. The zero-order valence-corrected chi connectivity index (χ0v) is 14.9. The van der Waals surface area contributed by atoms with Gasteiger partial charge in [-0.3, -0.25) is 0 Å². The van der Waals surface area contributed by atoms with Crippen LogP contribution in [0.2, 0.25) is 0 Å². The van der Waals surface area contributed by atoms with Gasteiger partial charge < -0.3 is 28.8 Å². The summed E-state index contributed by atoms with van der Waals surface area (Å²) in [6, 6.07) is 0. The summed E-state index contributed by atoms with van der Waals surface area (Å²) in [7, 11) is 1.45. The van der Waals surface area contributed by atoms with E-state index in [4.69, 9.17) is 23.7 Å². The minimum Gasteiger partial charge on any atom is -0.462 e. The molecule has 0 amide bonds. The summed E-state index contributed by atoms with van der Waals surface area (Å²) < 4.78 is 27.5. The fourth-order valence-electron chi connectivity index (χ4n) is 3.43. The smallest absolute Gasteiger partial charge is 0.342 e. The van der Waals surface area contributed by atoms with Crippen molar-refractivity contribution in [3.63, 3.8) is 0 Å². The summed E-state index contributed by atoms with van der Waals surface area (Å²) in [5.41, 5.74) is -2.53. The van der Waals surface area contributed by atoms with E-state index in [1.165, 1.54) is 7.11 Å². The summed E-state index contributed by atoms with van der Waals surface area (Å²) in [5.74, 6) is -1.61. The van der Waals surface area contributed by atoms with Gasteiger partial charge >= 0.3 is 5.97 Å². The van der Waals surface area contributed by atoms with Crippen LogP contribution < -0.4 is 0 Å². The number of methoxy groups -OCH3 is 1. The monoisotopic (exact) mass is 344 g/mol. The highest BCUT2D eigenvalue weighted by molar-refractivity contribution is 5.84. The largest absolute Gasteiger partial charge is 0.462 e. The van der Waals surface area contributed by atoms with Crippen LogP contribution in [0.25, 0.3) is 0 Å². The molecule has 3 atom stereocenters. The molecule has 2 saturated heterocycles. The number of aliphatic hydroxyl groups excluding tert-OH is 1. The molecule has 0 aromatic rings. The topological polar surface area (TPSA) is 83.5 Å². The second-order valence-electron chi connectivity index (χ2n) is 6.87. The first-order valence-corrected chi connectivity index (χ1v) is 8.17. The molecule has 24 heavy (non-hydrogen) atoms. The highest BCUT2D eigenvalue weighted by Crippen LogP contribution is 2.48. The molecular weight excluding hydrogens is 316 g/mol. The van der Waals surface area contributed by atoms with Crippen molar-refractivity contribution in [1.29, 1.82) is 0 Å². The lowest BCUT2D eigenvalue weighted by molar-refractivity contribution is -0.246. The number of carbonyl (C=O) groups excluding carboxylic acids is 1. The van der Waals surface area contributed by atoms with Crippen LogP contribution in [0.5, 0.6) is 0 Å². The predicted octanol–water partition coefficient (Wildman–Crippen LogP) is 1.24. The maximum Gasteiger partial charge on any atom is 0.342 e. The van der Waals surface area contributed by atoms with Crippen molar-refractivity contribution in [2.75, 3.05) is 33.7 Å². The molecule has 2 heterocycles. The average Bonchev–Trinajstić information content (AvgIpc) is 3.12. The first-order valence-electron chi connectivity index (χ1n) is 8.17. The van der Waals surface area contributed by atoms with Crippen molar-refractivity contribution in [2.24, 2.45) is 11.3 Å². The number of hydrogen-bond donors (Lipinski definition) is 1. The molecule has 2 fully saturated rings. The Morgan fingerprint density at radius 2 is 2.00 bits per heavy atom. The molecule has 138 valence electrons. The molecule has 0 aromatic heterocycles. The van der Waals surface area contributed by atoms with Crippen molar-refractivity contribution in [2.45, 2.75) is 44.7 Å². The van der Waals surface area contributed by atoms with Crippen molar-refractivity contribution in [3.8, 4) is 0 Å². The Kier molecular flexibility index (Phi) is 5.71. The molecule has 2 rings (SSSR count). The van der Waals surface area contributed by atoms with E-state index in [0.717, 1.165) is 0 Å². The molecule has 0 radical (unpaired) electrons. The SMILES string of the molecule is C=C[C@@]1(C)COC(=O)C1(OCOC)C(O)CC1(C(C)C)OCCO1. The van der Waals surface area contributed by atoms with E-state index >= 15 is 0 Å². The number of rotatable bonds is 8. The maximum absolute atomic E-state index is 12.6. The first-order chi connectivity index (χ1) is 11.3. The average molecular weight is 344 g/mol. The second-order valence-corrected chi connectivity index (χ2v) is 6.87. The van der Waals surface area contributed by atoms with Crippen LogP contribution >= 0.6 is 0 Å². The fourth-order valence-corrected chi connectivity index (χ4v) is 3.43. The van der Waals surface area contributed by atoms with E-state index in [0.29, 0.717) is 13.2 Å². The van der Waals surface area contributed by atoms with Gasteiger partial charge in [-0.25, -0.2) is 4.79 Å². The molecule has 2 unspecified atom stereocenters. The van der Waals surface area contributed by atoms with Crippen LogP contribution in [-0.4, -0.2) is 62.3 Å². The molecule has 0 aliphatic carbocycles. The van der Waals surface area contributed by atoms with Gasteiger partial charge in [-0.05, 0) is 6.92 Å². The summed E-state index contributed by atoms with van der Waals surface area (Å²) in [6.07, 6.45) is 0.438. The number of ether oxygens (including phenoxy) is 5. The number of hydrogen-bond acceptors (Lipinski definition) is 7. The molecule has 0 aromatic carbocycles. The van der Waals surface area contributed by atoms with Gasteiger partial charge in [-0.2, -0.15) is 0 Å². The highest BCUT2D eigenvalue weighted by Gasteiger charge is 2.66. The molecule has 0 spiro atoms. The zero-order valence-electron chi connectivity index (χ0n) is 14.9. The van der Waals surface area contributed by atoms with Gasteiger partial charge in [0.2, 0.25) is 5.60 Å².